The molecule has 0 aromatic carbocycles. The number of nitrogens with zero attached hydrogens (tertiary/aromatic N) is 1. The normalized spacial score (nSPS) is 13.9. The standard InChI is InChI=1S/C18H31N7O9S/c19-8(6-13(28)29)14(30)23-9(3-4-12(26)27)15(31)25-11(7-35)16(32)24-10(17(33)34)2-1-5-22-18(20)21/h8-11,35H,1-7,19H2,(H,23,30)(H,24,32)(H,25,31)(H,26,27)(H,28,29)(H,33,34)(H4,20,21,22). The summed E-state index contributed by atoms with van der Waals surface area (Å²) >= 11 is 3.97. The van der Waals surface area contributed by atoms with Gasteiger partial charge in [-0.05, 0) is 19.3 Å². The van der Waals surface area contributed by atoms with Crippen molar-refractivity contribution in [3.05, 3.63) is 0 Å². The minimum Gasteiger partial charge on any atom is -0.481 e. The van der Waals surface area contributed by atoms with E-state index in [1.807, 2.05) is 0 Å². The van der Waals surface area contributed by atoms with Crippen LogP contribution in [0.25, 0.3) is 0 Å². The van der Waals surface area contributed by atoms with Gasteiger partial charge in [0.15, 0.2) is 5.96 Å². The van der Waals surface area contributed by atoms with E-state index in [4.69, 9.17) is 27.4 Å². The Hall–Kier alpha value is -3.60. The Balaban J connectivity index is 5.27. The Kier molecular flexibility index (Phi) is 14.4. The van der Waals surface area contributed by atoms with Gasteiger partial charge in [0.1, 0.15) is 18.1 Å². The molecular formula is C18H31N7O9S. The molecule has 0 aromatic heterocycles. The van der Waals surface area contributed by atoms with Crippen LogP contribution < -0.4 is 33.2 Å². The lowest BCUT2D eigenvalue weighted by Crippen LogP contribution is -2.57. The summed E-state index contributed by atoms with van der Waals surface area (Å²) in [6, 6.07) is -5.65. The van der Waals surface area contributed by atoms with Crippen molar-refractivity contribution in [2.75, 3.05) is 12.3 Å². The summed E-state index contributed by atoms with van der Waals surface area (Å²) in [5.74, 6) is -7.31. The van der Waals surface area contributed by atoms with Crippen LogP contribution in [0.2, 0.25) is 0 Å². The minimum absolute atomic E-state index is 0.0240. The molecule has 0 radical (unpaired) electrons. The Labute approximate surface area is 205 Å². The number of rotatable bonds is 17. The number of aliphatic carboxylic acids is 3. The number of carboxylic acids is 3. The Bertz CT molecular complexity index is 820. The molecule has 4 unspecified atom stereocenters. The van der Waals surface area contributed by atoms with Crippen LogP contribution in [0.15, 0.2) is 4.99 Å². The van der Waals surface area contributed by atoms with E-state index >= 15 is 0 Å². The van der Waals surface area contributed by atoms with Crippen molar-refractivity contribution in [1.29, 1.82) is 0 Å². The average molecular weight is 522 g/mol. The first kappa shape index (κ1) is 31.4. The highest BCUT2D eigenvalue weighted by atomic mass is 32.1. The first-order chi connectivity index (χ1) is 16.3. The maximum atomic E-state index is 12.7. The molecular weight excluding hydrogens is 490 g/mol. The predicted octanol–water partition coefficient (Wildman–Crippen LogP) is -3.82. The molecule has 0 saturated heterocycles. The van der Waals surface area contributed by atoms with Gasteiger partial charge >= 0.3 is 17.9 Å². The SMILES string of the molecule is NC(N)=NCCCC(NC(=O)C(CS)NC(=O)C(CCC(=O)O)NC(=O)C(N)CC(=O)O)C(=O)O. The number of carbonyl (C=O) groups excluding carboxylic acids is 3. The number of aliphatic imine (C=N–C) groups is 1. The van der Waals surface area contributed by atoms with Crippen molar-refractivity contribution < 1.29 is 44.1 Å². The van der Waals surface area contributed by atoms with Gasteiger partial charge in [0, 0.05) is 18.7 Å². The quantitative estimate of drug-likeness (QED) is 0.0381. The molecule has 0 heterocycles. The molecule has 0 saturated carbocycles. The molecule has 0 aliphatic carbocycles. The molecule has 3 amide bonds. The van der Waals surface area contributed by atoms with Crippen molar-refractivity contribution in [2.45, 2.75) is 56.3 Å². The van der Waals surface area contributed by atoms with Crippen LogP contribution in [0.4, 0.5) is 0 Å². The number of nitrogens with one attached hydrogen (secondary N) is 3. The van der Waals surface area contributed by atoms with Gasteiger partial charge in [-0.1, -0.05) is 0 Å². The number of hydrogen-bond donors (Lipinski definition) is 10. The highest BCUT2D eigenvalue weighted by molar-refractivity contribution is 7.80. The van der Waals surface area contributed by atoms with E-state index in [2.05, 4.69) is 33.6 Å². The summed E-state index contributed by atoms with van der Waals surface area (Å²) in [6.45, 7) is 0.129. The number of amides is 3. The molecule has 0 aliphatic rings. The molecule has 0 rings (SSSR count). The third-order valence-electron chi connectivity index (χ3n) is 4.39. The van der Waals surface area contributed by atoms with E-state index in [1.165, 1.54) is 0 Å². The molecule has 198 valence electrons. The van der Waals surface area contributed by atoms with E-state index in [-0.39, 0.29) is 31.1 Å². The summed E-state index contributed by atoms with van der Waals surface area (Å²) in [6.07, 6.45) is -1.46. The number of carboxylic acid groups (broad SMARTS) is 3. The monoisotopic (exact) mass is 521 g/mol. The van der Waals surface area contributed by atoms with Crippen LogP contribution in [0.3, 0.4) is 0 Å². The van der Waals surface area contributed by atoms with E-state index in [1.54, 1.807) is 0 Å². The molecule has 17 heteroatoms. The Morgan fingerprint density at radius 1 is 0.800 bits per heavy atom. The maximum Gasteiger partial charge on any atom is 0.326 e. The molecule has 0 fully saturated rings. The lowest BCUT2D eigenvalue weighted by atomic mass is 10.1. The zero-order chi connectivity index (χ0) is 27.1. The van der Waals surface area contributed by atoms with Gasteiger partial charge in [0.05, 0.1) is 12.5 Å². The Morgan fingerprint density at radius 3 is 1.83 bits per heavy atom. The van der Waals surface area contributed by atoms with Crippen LogP contribution >= 0.6 is 12.6 Å². The van der Waals surface area contributed by atoms with Crippen LogP contribution in [0, 0.1) is 0 Å². The first-order valence-electron chi connectivity index (χ1n) is 10.3. The van der Waals surface area contributed by atoms with Gasteiger partial charge in [-0.3, -0.25) is 29.0 Å². The topological polar surface area (TPSA) is 290 Å². The zero-order valence-corrected chi connectivity index (χ0v) is 19.6. The van der Waals surface area contributed by atoms with Crippen LogP contribution in [-0.2, 0) is 28.8 Å². The van der Waals surface area contributed by atoms with Crippen LogP contribution in [0.5, 0.6) is 0 Å². The van der Waals surface area contributed by atoms with Crippen molar-refractivity contribution in [1.82, 2.24) is 16.0 Å². The summed E-state index contributed by atoms with van der Waals surface area (Å²) in [5, 5.41) is 33.6. The van der Waals surface area contributed by atoms with Gasteiger partial charge < -0.3 is 48.5 Å². The smallest absolute Gasteiger partial charge is 0.326 e. The second-order valence-electron chi connectivity index (χ2n) is 7.29. The minimum atomic E-state index is -1.51. The van der Waals surface area contributed by atoms with Crippen molar-refractivity contribution in [3.8, 4) is 0 Å². The summed E-state index contributed by atoms with van der Waals surface area (Å²) in [4.78, 5) is 74.1. The second-order valence-corrected chi connectivity index (χ2v) is 7.66. The largest absolute Gasteiger partial charge is 0.481 e. The number of nitrogens with two attached hydrogens (primary N) is 3. The average Bonchev–Trinajstić information content (AvgIpc) is 2.75. The first-order valence-corrected chi connectivity index (χ1v) is 10.9. The van der Waals surface area contributed by atoms with Gasteiger partial charge in [-0.15, -0.1) is 0 Å². The third-order valence-corrected chi connectivity index (χ3v) is 4.75. The molecule has 0 aliphatic heterocycles. The molecule has 4 atom stereocenters. The number of guanidine groups is 1. The van der Waals surface area contributed by atoms with Crippen molar-refractivity contribution in [2.24, 2.45) is 22.2 Å². The number of hydrogen-bond acceptors (Lipinski definition) is 9. The van der Waals surface area contributed by atoms with Crippen molar-refractivity contribution >= 4 is 54.2 Å². The zero-order valence-electron chi connectivity index (χ0n) is 18.7. The fourth-order valence-electron chi connectivity index (χ4n) is 2.60. The molecule has 35 heavy (non-hydrogen) atoms. The summed E-state index contributed by atoms with van der Waals surface area (Å²) < 4.78 is 0. The fraction of sp³-hybridized carbons (Fsp3) is 0.611. The van der Waals surface area contributed by atoms with Gasteiger partial charge in [0.2, 0.25) is 17.7 Å². The van der Waals surface area contributed by atoms with Gasteiger partial charge in [-0.25, -0.2) is 4.79 Å². The van der Waals surface area contributed by atoms with E-state index in [9.17, 15) is 33.9 Å². The molecule has 16 nitrogen and oxygen atoms in total. The lowest BCUT2D eigenvalue weighted by molar-refractivity contribution is -0.142. The van der Waals surface area contributed by atoms with E-state index < -0.39 is 79.1 Å². The van der Waals surface area contributed by atoms with Crippen LogP contribution in [0.1, 0.15) is 32.1 Å². The maximum absolute atomic E-state index is 12.7. The third kappa shape index (κ3) is 13.6. The lowest BCUT2D eigenvalue weighted by Gasteiger charge is -2.24. The molecule has 0 aromatic rings. The summed E-state index contributed by atoms with van der Waals surface area (Å²) in [5.41, 5.74) is 15.8. The molecule has 0 bridgehead atoms. The number of thiol groups is 1. The fourth-order valence-corrected chi connectivity index (χ4v) is 2.85. The molecule has 0 spiro atoms. The van der Waals surface area contributed by atoms with Gasteiger partial charge in [0.25, 0.3) is 0 Å². The van der Waals surface area contributed by atoms with Crippen LogP contribution in [-0.4, -0.2) is 93.4 Å². The highest BCUT2D eigenvalue weighted by Gasteiger charge is 2.30. The van der Waals surface area contributed by atoms with E-state index in [0.717, 1.165) is 0 Å². The number of carbonyl (C=O) groups is 6. The Morgan fingerprint density at radius 2 is 1.34 bits per heavy atom. The second kappa shape index (κ2) is 16.1. The summed E-state index contributed by atoms with van der Waals surface area (Å²) in [7, 11) is 0. The highest BCUT2D eigenvalue weighted by Crippen LogP contribution is 2.04. The van der Waals surface area contributed by atoms with E-state index in [0.29, 0.717) is 0 Å². The molecule has 12 N–H and O–H groups in total. The van der Waals surface area contributed by atoms with Crippen molar-refractivity contribution in [3.63, 3.8) is 0 Å². The van der Waals surface area contributed by atoms with Gasteiger partial charge in [-0.2, -0.15) is 12.6 Å². The predicted molar refractivity (Wildman–Crippen MR) is 124 cm³/mol.